The molecule has 2 heterocycles. The molecule has 0 radical (unpaired) electrons. The van der Waals surface area contributed by atoms with Crippen LogP contribution in [0.3, 0.4) is 0 Å². The van der Waals surface area contributed by atoms with Crippen molar-refractivity contribution in [3.8, 4) is 5.69 Å². The van der Waals surface area contributed by atoms with E-state index in [4.69, 9.17) is 5.73 Å². The van der Waals surface area contributed by atoms with Crippen LogP contribution >= 0.6 is 0 Å². The molecule has 7 nitrogen and oxygen atoms in total. The number of fused-ring (bicyclic) bond motifs is 1. The molecular formula is C17H18N6O. The minimum atomic E-state index is -0.166. The number of amides is 1. The van der Waals surface area contributed by atoms with Crippen LogP contribution in [0.4, 0.5) is 11.5 Å². The van der Waals surface area contributed by atoms with E-state index in [1.165, 1.54) is 17.3 Å². The quantitative estimate of drug-likeness (QED) is 0.743. The third-order valence-electron chi connectivity index (χ3n) is 3.89. The Morgan fingerprint density at radius 3 is 2.67 bits per heavy atom. The fraction of sp³-hybridized carbons (Fsp3) is 0.176. The van der Waals surface area contributed by atoms with Crippen molar-refractivity contribution in [2.45, 2.75) is 13.3 Å². The summed E-state index contributed by atoms with van der Waals surface area (Å²) in [5.41, 5.74) is 9.10. The number of carbonyl (C=O) groups is 1. The van der Waals surface area contributed by atoms with Gasteiger partial charge in [0.1, 0.15) is 12.1 Å². The maximum atomic E-state index is 11.7. The van der Waals surface area contributed by atoms with Crippen LogP contribution in [-0.2, 0) is 11.2 Å². The van der Waals surface area contributed by atoms with Crippen LogP contribution in [0.5, 0.6) is 0 Å². The summed E-state index contributed by atoms with van der Waals surface area (Å²) in [7, 11) is 1.70. The van der Waals surface area contributed by atoms with Crippen molar-refractivity contribution in [3.63, 3.8) is 0 Å². The van der Waals surface area contributed by atoms with Gasteiger partial charge in [-0.05, 0) is 36.8 Å². The standard InChI is InChI=1S/C17H18N6O/c1-4-13-15-16(18)19-10-20-17(15)23(21-13)12-8-6-11(7-9-12)22(3)14(24)5-2/h5-10H,2,4H2,1,3H3,(H2,18,19,20). The SMILES string of the molecule is C=CC(=O)N(C)c1ccc(-n2nc(CC)c3c(N)ncnc32)cc1. The van der Waals surface area contributed by atoms with E-state index in [1.807, 2.05) is 31.2 Å². The molecule has 24 heavy (non-hydrogen) atoms. The molecule has 0 spiro atoms. The number of hydrogen-bond donors (Lipinski definition) is 1. The maximum Gasteiger partial charge on any atom is 0.250 e. The molecular weight excluding hydrogens is 304 g/mol. The summed E-state index contributed by atoms with van der Waals surface area (Å²) < 4.78 is 1.74. The molecule has 1 aromatic carbocycles. The first-order chi connectivity index (χ1) is 11.6. The van der Waals surface area contributed by atoms with Crippen LogP contribution in [0.1, 0.15) is 12.6 Å². The molecule has 0 fully saturated rings. The predicted molar refractivity (Wildman–Crippen MR) is 94.1 cm³/mol. The molecule has 0 bridgehead atoms. The number of nitrogen functional groups attached to an aromatic ring is 1. The molecule has 0 saturated heterocycles. The monoisotopic (exact) mass is 322 g/mol. The fourth-order valence-corrected chi connectivity index (χ4v) is 2.55. The second-order valence-electron chi connectivity index (χ2n) is 5.29. The highest BCUT2D eigenvalue weighted by Gasteiger charge is 2.15. The minimum absolute atomic E-state index is 0.166. The zero-order chi connectivity index (χ0) is 17.3. The van der Waals surface area contributed by atoms with E-state index in [9.17, 15) is 4.79 Å². The average molecular weight is 322 g/mol. The zero-order valence-corrected chi connectivity index (χ0v) is 13.6. The lowest BCUT2D eigenvalue weighted by Crippen LogP contribution is -2.23. The molecule has 0 aliphatic carbocycles. The summed E-state index contributed by atoms with van der Waals surface area (Å²) in [6.07, 6.45) is 3.44. The third kappa shape index (κ3) is 2.50. The second-order valence-corrected chi connectivity index (χ2v) is 5.29. The smallest absolute Gasteiger partial charge is 0.250 e. The zero-order valence-electron chi connectivity index (χ0n) is 13.6. The topological polar surface area (TPSA) is 89.9 Å². The Morgan fingerprint density at radius 1 is 1.33 bits per heavy atom. The van der Waals surface area contributed by atoms with Crippen molar-refractivity contribution in [2.75, 3.05) is 17.7 Å². The van der Waals surface area contributed by atoms with Gasteiger partial charge in [-0.15, -0.1) is 0 Å². The molecule has 0 saturated carbocycles. The Bertz CT molecular complexity index is 913. The van der Waals surface area contributed by atoms with Crippen LogP contribution in [-0.4, -0.2) is 32.7 Å². The van der Waals surface area contributed by atoms with Crippen LogP contribution < -0.4 is 10.6 Å². The molecule has 0 aliphatic heterocycles. The number of hydrogen-bond acceptors (Lipinski definition) is 5. The number of anilines is 2. The average Bonchev–Trinajstić information content (AvgIpc) is 3.00. The van der Waals surface area contributed by atoms with E-state index < -0.39 is 0 Å². The number of benzene rings is 1. The van der Waals surface area contributed by atoms with Gasteiger partial charge in [0, 0.05) is 12.7 Å². The van der Waals surface area contributed by atoms with Gasteiger partial charge in [-0.2, -0.15) is 5.10 Å². The molecule has 1 amide bonds. The lowest BCUT2D eigenvalue weighted by molar-refractivity contribution is -0.113. The highest BCUT2D eigenvalue weighted by atomic mass is 16.2. The summed E-state index contributed by atoms with van der Waals surface area (Å²) in [6.45, 7) is 5.51. The number of aryl methyl sites for hydroxylation is 1. The number of nitrogens with two attached hydrogens (primary N) is 1. The fourth-order valence-electron chi connectivity index (χ4n) is 2.55. The highest BCUT2D eigenvalue weighted by molar-refractivity contribution is 6.00. The normalized spacial score (nSPS) is 10.8. The van der Waals surface area contributed by atoms with Crippen LogP contribution in [0.2, 0.25) is 0 Å². The largest absolute Gasteiger partial charge is 0.383 e. The molecule has 3 rings (SSSR count). The maximum absolute atomic E-state index is 11.7. The van der Waals surface area contributed by atoms with Gasteiger partial charge in [0.05, 0.1) is 16.8 Å². The van der Waals surface area contributed by atoms with Crippen molar-refractivity contribution in [3.05, 3.63) is 48.9 Å². The predicted octanol–water partition coefficient (Wildman–Crippen LogP) is 2.11. The Morgan fingerprint density at radius 2 is 2.04 bits per heavy atom. The van der Waals surface area contributed by atoms with Gasteiger partial charge in [0.15, 0.2) is 5.65 Å². The van der Waals surface area contributed by atoms with E-state index in [1.54, 1.807) is 11.7 Å². The molecule has 2 N–H and O–H groups in total. The molecule has 7 heteroatoms. The lowest BCUT2D eigenvalue weighted by Gasteiger charge is -2.15. The molecule has 122 valence electrons. The van der Waals surface area contributed by atoms with Crippen molar-refractivity contribution < 1.29 is 4.79 Å². The first-order valence-electron chi connectivity index (χ1n) is 7.55. The molecule has 3 aromatic rings. The van der Waals surface area contributed by atoms with Crippen molar-refractivity contribution in [1.82, 2.24) is 19.7 Å². The lowest BCUT2D eigenvalue weighted by atomic mass is 10.2. The van der Waals surface area contributed by atoms with Gasteiger partial charge in [-0.25, -0.2) is 14.6 Å². The summed E-state index contributed by atoms with van der Waals surface area (Å²) in [6, 6.07) is 7.46. The second kappa shape index (κ2) is 6.11. The van der Waals surface area contributed by atoms with Crippen molar-refractivity contribution >= 4 is 28.4 Å². The van der Waals surface area contributed by atoms with Crippen molar-refractivity contribution in [2.24, 2.45) is 0 Å². The van der Waals surface area contributed by atoms with Gasteiger partial charge in [-0.1, -0.05) is 13.5 Å². The number of aromatic nitrogens is 4. The summed E-state index contributed by atoms with van der Waals surface area (Å²) in [4.78, 5) is 21.6. The van der Waals surface area contributed by atoms with Crippen LogP contribution in [0.15, 0.2) is 43.2 Å². The van der Waals surface area contributed by atoms with E-state index in [-0.39, 0.29) is 5.91 Å². The van der Waals surface area contributed by atoms with Crippen molar-refractivity contribution in [1.29, 1.82) is 0 Å². The van der Waals surface area contributed by atoms with Crippen LogP contribution in [0.25, 0.3) is 16.7 Å². The van der Waals surface area contributed by atoms with E-state index in [2.05, 4.69) is 21.6 Å². The Labute approximate surface area is 139 Å². The first-order valence-corrected chi connectivity index (χ1v) is 7.55. The van der Waals surface area contributed by atoms with Gasteiger partial charge >= 0.3 is 0 Å². The van der Waals surface area contributed by atoms with Gasteiger partial charge < -0.3 is 10.6 Å². The number of likely N-dealkylation sites (N-methyl/N-ethyl adjacent to an activating group) is 1. The van der Waals surface area contributed by atoms with Gasteiger partial charge in [-0.3, -0.25) is 4.79 Å². The summed E-state index contributed by atoms with van der Waals surface area (Å²) >= 11 is 0. The Hall–Kier alpha value is -3.22. The highest BCUT2D eigenvalue weighted by Crippen LogP contribution is 2.25. The number of nitrogens with zero attached hydrogens (tertiary/aromatic N) is 5. The summed E-state index contributed by atoms with van der Waals surface area (Å²) in [5, 5.41) is 5.38. The third-order valence-corrected chi connectivity index (χ3v) is 3.89. The van der Waals surface area contributed by atoms with E-state index in [0.29, 0.717) is 11.5 Å². The van der Waals surface area contributed by atoms with E-state index in [0.717, 1.165) is 28.9 Å². The molecule has 0 unspecified atom stereocenters. The summed E-state index contributed by atoms with van der Waals surface area (Å²) in [5.74, 6) is 0.261. The van der Waals surface area contributed by atoms with Gasteiger partial charge in [0.2, 0.25) is 5.91 Å². The van der Waals surface area contributed by atoms with Gasteiger partial charge in [0.25, 0.3) is 0 Å². The Kier molecular flexibility index (Phi) is 3.99. The molecule has 0 atom stereocenters. The molecule has 2 aromatic heterocycles. The first kappa shape index (κ1) is 15.7. The Balaban J connectivity index is 2.07. The minimum Gasteiger partial charge on any atom is -0.383 e. The van der Waals surface area contributed by atoms with E-state index >= 15 is 0 Å². The van der Waals surface area contributed by atoms with Crippen LogP contribution in [0, 0.1) is 0 Å². The molecule has 0 aliphatic rings. The number of carbonyl (C=O) groups excluding carboxylic acids is 1. The number of rotatable bonds is 4.